The molecule has 0 bridgehead atoms. The van der Waals surface area contributed by atoms with Crippen LogP contribution in [-0.4, -0.2) is 30.4 Å². The molecule has 0 atom stereocenters. The van der Waals surface area contributed by atoms with E-state index in [4.69, 9.17) is 0 Å². The molecule has 0 aliphatic rings. The largest absolute Gasteiger partial charge is 0.326 e. The molecule has 0 saturated carbocycles. The van der Waals surface area contributed by atoms with Gasteiger partial charge in [-0.05, 0) is 50.2 Å². The van der Waals surface area contributed by atoms with Gasteiger partial charge in [0.05, 0.1) is 24.1 Å². The summed E-state index contributed by atoms with van der Waals surface area (Å²) in [6, 6.07) is 16.3. The molecule has 0 spiro atoms. The first-order valence-electron chi connectivity index (χ1n) is 8.71. The Morgan fingerprint density at radius 2 is 1.61 bits per heavy atom. The Labute approximate surface area is 164 Å². The van der Waals surface area contributed by atoms with Gasteiger partial charge in [0.1, 0.15) is 0 Å². The number of nitrogens with one attached hydrogen (secondary N) is 2. The van der Waals surface area contributed by atoms with Gasteiger partial charge in [-0.15, -0.1) is 0 Å². The number of benzene rings is 2. The minimum atomic E-state index is -3.33. The van der Waals surface area contributed by atoms with Crippen molar-refractivity contribution < 1.29 is 13.2 Å². The number of aromatic nitrogens is 2. The first-order valence-corrected chi connectivity index (χ1v) is 10.6. The van der Waals surface area contributed by atoms with Crippen molar-refractivity contribution >= 4 is 27.3 Å². The van der Waals surface area contributed by atoms with Crippen LogP contribution in [-0.2, 0) is 21.2 Å². The van der Waals surface area contributed by atoms with Crippen molar-refractivity contribution in [3.05, 3.63) is 71.5 Å². The van der Waals surface area contributed by atoms with E-state index in [1.807, 2.05) is 48.9 Å². The molecule has 3 aromatic rings. The van der Waals surface area contributed by atoms with Crippen molar-refractivity contribution in [2.75, 3.05) is 16.3 Å². The van der Waals surface area contributed by atoms with E-state index in [2.05, 4.69) is 15.1 Å². The maximum Gasteiger partial charge on any atom is 0.229 e. The Morgan fingerprint density at radius 1 is 1.00 bits per heavy atom. The van der Waals surface area contributed by atoms with Crippen LogP contribution in [0, 0.1) is 13.8 Å². The highest BCUT2D eigenvalue weighted by Gasteiger charge is 2.16. The third-order valence-corrected chi connectivity index (χ3v) is 4.86. The van der Waals surface area contributed by atoms with Gasteiger partial charge >= 0.3 is 0 Å². The first-order chi connectivity index (χ1) is 13.2. The number of hydrogen-bond donors (Lipinski definition) is 2. The second kappa shape index (κ2) is 7.85. The smallest absolute Gasteiger partial charge is 0.229 e. The molecule has 1 aromatic heterocycles. The number of rotatable bonds is 6. The summed E-state index contributed by atoms with van der Waals surface area (Å²) in [6.45, 7) is 3.84. The number of nitrogens with zero attached hydrogens (tertiary/aromatic N) is 2. The van der Waals surface area contributed by atoms with Crippen molar-refractivity contribution in [2.24, 2.45) is 0 Å². The molecule has 0 aliphatic carbocycles. The monoisotopic (exact) mass is 398 g/mol. The molecule has 8 heteroatoms. The molecule has 2 N–H and O–H groups in total. The molecule has 0 fully saturated rings. The van der Waals surface area contributed by atoms with Crippen LogP contribution in [0.4, 0.5) is 11.4 Å². The fourth-order valence-electron chi connectivity index (χ4n) is 2.95. The second-order valence-corrected chi connectivity index (χ2v) is 8.32. The summed E-state index contributed by atoms with van der Waals surface area (Å²) in [4.78, 5) is 12.5. The van der Waals surface area contributed by atoms with E-state index >= 15 is 0 Å². The Hall–Kier alpha value is -3.13. The molecule has 146 valence electrons. The zero-order valence-corrected chi connectivity index (χ0v) is 16.7. The number of para-hydroxylation sites is 1. The fraction of sp³-hybridized carbons (Fsp3) is 0.200. The van der Waals surface area contributed by atoms with Crippen molar-refractivity contribution in [2.45, 2.75) is 20.3 Å². The summed E-state index contributed by atoms with van der Waals surface area (Å²) in [7, 11) is -3.33. The summed E-state index contributed by atoms with van der Waals surface area (Å²) in [6.07, 6.45) is 1.29. The lowest BCUT2D eigenvalue weighted by Gasteiger charge is -2.08. The van der Waals surface area contributed by atoms with Gasteiger partial charge < -0.3 is 5.32 Å². The molecule has 2 aromatic carbocycles. The van der Waals surface area contributed by atoms with Crippen LogP contribution >= 0.6 is 0 Å². The summed E-state index contributed by atoms with van der Waals surface area (Å²) < 4.78 is 26.7. The molecule has 0 radical (unpaired) electrons. The molecular formula is C20H22N4O3S. The summed E-state index contributed by atoms with van der Waals surface area (Å²) in [5.41, 5.74) is 4.60. The van der Waals surface area contributed by atoms with Gasteiger partial charge in [0.25, 0.3) is 0 Å². The molecule has 3 rings (SSSR count). The number of amides is 1. The van der Waals surface area contributed by atoms with Gasteiger partial charge in [0, 0.05) is 22.6 Å². The van der Waals surface area contributed by atoms with Gasteiger partial charge in [-0.1, -0.05) is 18.2 Å². The topological polar surface area (TPSA) is 93.1 Å². The fourth-order valence-corrected chi connectivity index (χ4v) is 3.52. The predicted molar refractivity (Wildman–Crippen MR) is 110 cm³/mol. The molecule has 1 heterocycles. The standard InChI is InChI=1S/C20H22N4O3S/c1-14-19(15(2)24(22-14)18-7-5-4-6-8-18)13-20(25)21-16-9-11-17(12-10-16)23-28(3,26)27/h4-12,23H,13H2,1-3H3,(H,21,25). The average molecular weight is 398 g/mol. The van der Waals surface area contributed by atoms with Gasteiger partial charge in [-0.2, -0.15) is 5.10 Å². The van der Waals surface area contributed by atoms with Crippen molar-refractivity contribution in [1.82, 2.24) is 9.78 Å². The molecule has 0 aliphatic heterocycles. The van der Waals surface area contributed by atoms with Gasteiger partial charge in [-0.25, -0.2) is 13.1 Å². The third kappa shape index (κ3) is 4.77. The maximum absolute atomic E-state index is 12.5. The van der Waals surface area contributed by atoms with Crippen LogP contribution in [0.15, 0.2) is 54.6 Å². The van der Waals surface area contributed by atoms with Gasteiger partial charge in [0.2, 0.25) is 15.9 Å². The number of carbonyl (C=O) groups excluding carboxylic acids is 1. The van der Waals surface area contributed by atoms with E-state index in [1.54, 1.807) is 24.3 Å². The lowest BCUT2D eigenvalue weighted by Crippen LogP contribution is -2.15. The Morgan fingerprint density at radius 3 is 2.21 bits per heavy atom. The van der Waals surface area contributed by atoms with Gasteiger partial charge in [-0.3, -0.25) is 9.52 Å². The van der Waals surface area contributed by atoms with Crippen LogP contribution < -0.4 is 10.0 Å². The number of anilines is 2. The summed E-state index contributed by atoms with van der Waals surface area (Å²) >= 11 is 0. The average Bonchev–Trinajstić information content (AvgIpc) is 2.91. The first kappa shape index (κ1) is 19.6. The highest BCUT2D eigenvalue weighted by Crippen LogP contribution is 2.20. The zero-order chi connectivity index (χ0) is 20.3. The van der Waals surface area contributed by atoms with E-state index in [9.17, 15) is 13.2 Å². The van der Waals surface area contributed by atoms with E-state index in [1.165, 1.54) is 0 Å². The van der Waals surface area contributed by atoms with Crippen LogP contribution in [0.5, 0.6) is 0 Å². The molecule has 0 unspecified atom stereocenters. The van der Waals surface area contributed by atoms with E-state index < -0.39 is 10.0 Å². The third-order valence-electron chi connectivity index (χ3n) is 4.25. The van der Waals surface area contributed by atoms with E-state index in [-0.39, 0.29) is 12.3 Å². The maximum atomic E-state index is 12.5. The van der Waals surface area contributed by atoms with Gasteiger partial charge in [0.15, 0.2) is 0 Å². The SMILES string of the molecule is Cc1nn(-c2ccccc2)c(C)c1CC(=O)Nc1ccc(NS(C)(=O)=O)cc1. The minimum absolute atomic E-state index is 0.164. The highest BCUT2D eigenvalue weighted by atomic mass is 32.2. The highest BCUT2D eigenvalue weighted by molar-refractivity contribution is 7.92. The molecule has 7 nitrogen and oxygen atoms in total. The Balaban J connectivity index is 1.71. The summed E-state index contributed by atoms with van der Waals surface area (Å²) in [5.74, 6) is -0.164. The lowest BCUT2D eigenvalue weighted by molar-refractivity contribution is -0.115. The zero-order valence-electron chi connectivity index (χ0n) is 15.9. The lowest BCUT2D eigenvalue weighted by atomic mass is 10.1. The second-order valence-electron chi connectivity index (χ2n) is 6.57. The normalized spacial score (nSPS) is 11.2. The predicted octanol–water partition coefficient (Wildman–Crippen LogP) is 3.04. The number of hydrogen-bond acceptors (Lipinski definition) is 4. The summed E-state index contributed by atoms with van der Waals surface area (Å²) in [5, 5.41) is 7.39. The molecular weight excluding hydrogens is 376 g/mol. The quantitative estimate of drug-likeness (QED) is 0.667. The van der Waals surface area contributed by atoms with Crippen LogP contribution in [0.2, 0.25) is 0 Å². The Kier molecular flexibility index (Phi) is 5.51. The van der Waals surface area contributed by atoms with E-state index in [0.717, 1.165) is 28.9 Å². The molecule has 0 saturated heterocycles. The number of aryl methyl sites for hydroxylation is 1. The number of sulfonamides is 1. The van der Waals surface area contributed by atoms with Crippen molar-refractivity contribution in [1.29, 1.82) is 0 Å². The number of carbonyl (C=O) groups is 1. The van der Waals surface area contributed by atoms with E-state index in [0.29, 0.717) is 11.4 Å². The van der Waals surface area contributed by atoms with Crippen LogP contribution in [0.1, 0.15) is 17.0 Å². The van der Waals surface area contributed by atoms with Crippen LogP contribution in [0.25, 0.3) is 5.69 Å². The van der Waals surface area contributed by atoms with Crippen molar-refractivity contribution in [3.8, 4) is 5.69 Å². The van der Waals surface area contributed by atoms with Crippen molar-refractivity contribution in [3.63, 3.8) is 0 Å². The minimum Gasteiger partial charge on any atom is -0.326 e. The van der Waals surface area contributed by atoms with Crippen LogP contribution in [0.3, 0.4) is 0 Å². The molecule has 1 amide bonds. The Bertz CT molecular complexity index is 1090. The molecule has 28 heavy (non-hydrogen) atoms.